The molecule has 98 valence electrons. The van der Waals surface area contributed by atoms with Gasteiger partial charge in [-0.25, -0.2) is 8.78 Å². The van der Waals surface area contributed by atoms with E-state index in [1.165, 1.54) is 17.9 Å². The molecule has 3 nitrogen and oxygen atoms in total. The lowest BCUT2D eigenvalue weighted by molar-refractivity contribution is 0.0569. The van der Waals surface area contributed by atoms with Crippen LogP contribution >= 0.6 is 0 Å². The Morgan fingerprint density at radius 2 is 2.06 bits per heavy atom. The Hall–Kier alpha value is -1.49. The molecule has 1 aromatic rings. The maximum absolute atomic E-state index is 13.6. The summed E-state index contributed by atoms with van der Waals surface area (Å²) in [7, 11) is 0. The fourth-order valence-corrected chi connectivity index (χ4v) is 2.11. The maximum atomic E-state index is 13.6. The number of carbonyl (C=O) groups is 1. The van der Waals surface area contributed by atoms with E-state index in [-0.39, 0.29) is 17.7 Å². The Bertz CT molecular complexity index is 500. The second kappa shape index (κ2) is 4.31. The first-order valence-corrected chi connectivity index (χ1v) is 5.77. The number of halogens is 2. The standard InChI is InChI=1S/C13H15F2NO2/c1-8-5-9(11(15)6-10(8)14)12(17)16-4-3-13(2,18)7-16/h5-6,18H,3-4,7H2,1-2H3. The lowest BCUT2D eigenvalue weighted by Gasteiger charge is -2.19. The van der Waals surface area contributed by atoms with Crippen LogP contribution in [0.2, 0.25) is 0 Å². The number of aryl methyl sites for hydroxylation is 1. The Labute approximate surface area is 104 Å². The van der Waals surface area contributed by atoms with Crippen molar-refractivity contribution < 1.29 is 18.7 Å². The number of carbonyl (C=O) groups excluding carboxylic acids is 1. The molecule has 0 bridgehead atoms. The van der Waals surface area contributed by atoms with Gasteiger partial charge in [0.2, 0.25) is 0 Å². The number of likely N-dealkylation sites (tertiary alicyclic amines) is 1. The molecule has 0 saturated carbocycles. The van der Waals surface area contributed by atoms with Gasteiger partial charge in [-0.2, -0.15) is 0 Å². The minimum atomic E-state index is -0.929. The zero-order valence-corrected chi connectivity index (χ0v) is 10.3. The molecule has 0 radical (unpaired) electrons. The summed E-state index contributed by atoms with van der Waals surface area (Å²) in [6.07, 6.45) is 0.459. The molecular weight excluding hydrogens is 240 g/mol. The highest BCUT2D eigenvalue weighted by atomic mass is 19.1. The van der Waals surface area contributed by atoms with E-state index in [1.807, 2.05) is 0 Å². The highest BCUT2D eigenvalue weighted by molar-refractivity contribution is 5.95. The largest absolute Gasteiger partial charge is 0.388 e. The molecule has 18 heavy (non-hydrogen) atoms. The summed E-state index contributed by atoms with van der Waals surface area (Å²) in [6.45, 7) is 3.65. The van der Waals surface area contributed by atoms with E-state index in [1.54, 1.807) is 6.92 Å². The highest BCUT2D eigenvalue weighted by Gasteiger charge is 2.35. The van der Waals surface area contributed by atoms with Gasteiger partial charge in [0.25, 0.3) is 5.91 Å². The second-order valence-electron chi connectivity index (χ2n) is 5.05. The molecule has 1 aliphatic heterocycles. The van der Waals surface area contributed by atoms with Gasteiger partial charge in [-0.3, -0.25) is 4.79 Å². The Morgan fingerprint density at radius 1 is 1.39 bits per heavy atom. The van der Waals surface area contributed by atoms with E-state index in [0.717, 1.165) is 6.07 Å². The van der Waals surface area contributed by atoms with Gasteiger partial charge in [0.1, 0.15) is 11.6 Å². The summed E-state index contributed by atoms with van der Waals surface area (Å²) >= 11 is 0. The first-order chi connectivity index (χ1) is 8.30. The number of hydrogen-bond acceptors (Lipinski definition) is 2. The summed E-state index contributed by atoms with van der Waals surface area (Å²) in [5.41, 5.74) is -0.849. The van der Waals surface area contributed by atoms with Crippen molar-refractivity contribution in [2.45, 2.75) is 25.9 Å². The van der Waals surface area contributed by atoms with E-state index in [0.29, 0.717) is 13.0 Å². The van der Waals surface area contributed by atoms with Crippen molar-refractivity contribution in [3.63, 3.8) is 0 Å². The van der Waals surface area contributed by atoms with E-state index in [9.17, 15) is 18.7 Å². The Balaban J connectivity index is 2.27. The normalized spacial score (nSPS) is 23.5. The number of rotatable bonds is 1. The van der Waals surface area contributed by atoms with E-state index < -0.39 is 23.1 Å². The molecule has 1 aromatic carbocycles. The average molecular weight is 255 g/mol. The van der Waals surface area contributed by atoms with Crippen LogP contribution in [0, 0.1) is 18.6 Å². The summed E-state index contributed by atoms with van der Waals surface area (Å²) in [5, 5.41) is 9.78. The van der Waals surface area contributed by atoms with E-state index >= 15 is 0 Å². The van der Waals surface area contributed by atoms with Gasteiger partial charge >= 0.3 is 0 Å². The van der Waals surface area contributed by atoms with Crippen LogP contribution in [0.5, 0.6) is 0 Å². The summed E-state index contributed by atoms with van der Waals surface area (Å²) in [4.78, 5) is 13.5. The molecule has 1 saturated heterocycles. The zero-order valence-electron chi connectivity index (χ0n) is 10.3. The van der Waals surface area contributed by atoms with Crippen molar-refractivity contribution in [2.24, 2.45) is 0 Å². The van der Waals surface area contributed by atoms with Crippen LogP contribution in [-0.2, 0) is 0 Å². The third-order valence-corrected chi connectivity index (χ3v) is 3.22. The van der Waals surface area contributed by atoms with Crippen molar-refractivity contribution in [1.82, 2.24) is 4.90 Å². The van der Waals surface area contributed by atoms with E-state index in [2.05, 4.69) is 0 Å². The number of hydrogen-bond donors (Lipinski definition) is 1. The summed E-state index contributed by atoms with van der Waals surface area (Å²) in [5.74, 6) is -2.04. The minimum Gasteiger partial charge on any atom is -0.388 e. The SMILES string of the molecule is Cc1cc(C(=O)N2CCC(C)(O)C2)c(F)cc1F. The van der Waals surface area contributed by atoms with Crippen LogP contribution in [-0.4, -0.2) is 34.6 Å². The number of amides is 1. The smallest absolute Gasteiger partial charge is 0.256 e. The molecule has 0 aliphatic carbocycles. The van der Waals surface area contributed by atoms with Gasteiger partial charge in [-0.1, -0.05) is 0 Å². The summed E-state index contributed by atoms with van der Waals surface area (Å²) in [6, 6.07) is 1.93. The van der Waals surface area contributed by atoms with Gasteiger partial charge in [-0.05, 0) is 31.9 Å². The molecule has 5 heteroatoms. The first kappa shape index (κ1) is 13.0. The van der Waals surface area contributed by atoms with Gasteiger partial charge in [0, 0.05) is 19.2 Å². The van der Waals surface area contributed by atoms with Crippen molar-refractivity contribution in [3.8, 4) is 0 Å². The van der Waals surface area contributed by atoms with Crippen molar-refractivity contribution in [1.29, 1.82) is 0 Å². The molecule has 1 aliphatic rings. The number of benzene rings is 1. The Kier molecular flexibility index (Phi) is 3.11. The van der Waals surface area contributed by atoms with Crippen LogP contribution in [0.3, 0.4) is 0 Å². The maximum Gasteiger partial charge on any atom is 0.256 e. The van der Waals surface area contributed by atoms with Crippen molar-refractivity contribution in [3.05, 3.63) is 34.9 Å². The number of aliphatic hydroxyl groups is 1. The van der Waals surface area contributed by atoms with Crippen LogP contribution in [0.25, 0.3) is 0 Å². The minimum absolute atomic E-state index is 0.147. The molecule has 1 heterocycles. The average Bonchev–Trinajstić information content (AvgIpc) is 2.63. The van der Waals surface area contributed by atoms with Gasteiger partial charge in [0.05, 0.1) is 11.2 Å². The summed E-state index contributed by atoms with van der Waals surface area (Å²) < 4.78 is 26.7. The number of β-amino-alcohol motifs (C(OH)–C–C–N with tert-alkyl or cyclic N) is 1. The first-order valence-electron chi connectivity index (χ1n) is 5.77. The molecule has 1 fully saturated rings. The molecule has 1 N–H and O–H groups in total. The zero-order chi connectivity index (χ0) is 13.5. The second-order valence-corrected chi connectivity index (χ2v) is 5.05. The van der Waals surface area contributed by atoms with Gasteiger partial charge in [0.15, 0.2) is 0 Å². The van der Waals surface area contributed by atoms with Crippen molar-refractivity contribution >= 4 is 5.91 Å². The van der Waals surface area contributed by atoms with Gasteiger partial charge in [-0.15, -0.1) is 0 Å². The highest BCUT2D eigenvalue weighted by Crippen LogP contribution is 2.23. The predicted octanol–water partition coefficient (Wildman–Crippen LogP) is 1.87. The van der Waals surface area contributed by atoms with Crippen LogP contribution < -0.4 is 0 Å². The molecule has 2 rings (SSSR count). The van der Waals surface area contributed by atoms with Crippen LogP contribution in [0.15, 0.2) is 12.1 Å². The molecule has 1 amide bonds. The van der Waals surface area contributed by atoms with Gasteiger partial charge < -0.3 is 10.0 Å². The topological polar surface area (TPSA) is 40.5 Å². The number of nitrogens with zero attached hydrogens (tertiary/aromatic N) is 1. The van der Waals surface area contributed by atoms with Crippen LogP contribution in [0.4, 0.5) is 8.78 Å². The van der Waals surface area contributed by atoms with Crippen LogP contribution in [0.1, 0.15) is 29.3 Å². The Morgan fingerprint density at radius 3 is 2.61 bits per heavy atom. The van der Waals surface area contributed by atoms with E-state index in [4.69, 9.17) is 0 Å². The monoisotopic (exact) mass is 255 g/mol. The van der Waals surface area contributed by atoms with Crippen molar-refractivity contribution in [2.75, 3.05) is 13.1 Å². The lowest BCUT2D eigenvalue weighted by Crippen LogP contribution is -2.34. The third-order valence-electron chi connectivity index (χ3n) is 3.22. The molecular formula is C13H15F2NO2. The lowest BCUT2D eigenvalue weighted by atomic mass is 10.1. The predicted molar refractivity (Wildman–Crippen MR) is 62.2 cm³/mol. The fourth-order valence-electron chi connectivity index (χ4n) is 2.11. The molecule has 0 spiro atoms. The quantitative estimate of drug-likeness (QED) is 0.832. The molecule has 1 atom stereocenters. The molecule has 0 aromatic heterocycles. The fraction of sp³-hybridized carbons (Fsp3) is 0.462. The molecule has 1 unspecified atom stereocenters. The third kappa shape index (κ3) is 2.36.